The number of rotatable bonds is 4. The Morgan fingerprint density at radius 2 is 1.68 bits per heavy atom. The SMILES string of the molecule is O=C(Nc1cccnc1)[C@H]1C[C@H]2OCC[C@H]2N(Cc2ccco2)C1.O=C(O)C(F)(F)F.O=C(O)C(F)(F)F. The second-order valence-electron chi connectivity index (χ2n) is 8.04. The van der Waals surface area contributed by atoms with Crippen LogP contribution in [0.25, 0.3) is 0 Å². The van der Waals surface area contributed by atoms with Crippen molar-refractivity contribution in [1.29, 1.82) is 0 Å². The lowest BCUT2D eigenvalue weighted by Gasteiger charge is -2.39. The van der Waals surface area contributed by atoms with Gasteiger partial charge in [0.05, 0.1) is 36.7 Å². The molecule has 4 rings (SSSR count). The van der Waals surface area contributed by atoms with Gasteiger partial charge in [-0.2, -0.15) is 26.3 Å². The van der Waals surface area contributed by atoms with Gasteiger partial charge >= 0.3 is 24.3 Å². The smallest absolute Gasteiger partial charge is 0.475 e. The number of carbonyl (C=O) groups is 3. The van der Waals surface area contributed by atoms with Crippen molar-refractivity contribution in [2.45, 2.75) is 43.9 Å². The third-order valence-corrected chi connectivity index (χ3v) is 5.34. The molecule has 10 nitrogen and oxygen atoms in total. The standard InChI is InChI=1S/C18H21N3O3.2C2HF3O2/c22-18(20-14-3-1-6-19-10-14)13-9-17-16(5-8-24-17)21(11-13)12-15-4-2-7-23-15;2*3-2(4,5)1(6)7/h1-4,6-7,10,13,16-17H,5,8-9,11-12H2,(H,20,22);2*(H,6,7)/t13-,16+,17+;;/m0../s1. The van der Waals surface area contributed by atoms with Gasteiger partial charge in [-0.3, -0.25) is 14.7 Å². The maximum absolute atomic E-state index is 12.7. The summed E-state index contributed by atoms with van der Waals surface area (Å²) >= 11 is 0. The van der Waals surface area contributed by atoms with E-state index in [4.69, 9.17) is 29.0 Å². The predicted octanol–water partition coefficient (Wildman–Crippen LogP) is 3.56. The van der Waals surface area contributed by atoms with Gasteiger partial charge < -0.3 is 24.7 Å². The highest BCUT2D eigenvalue weighted by atomic mass is 19.4. The molecule has 2 aliphatic heterocycles. The molecule has 0 bridgehead atoms. The van der Waals surface area contributed by atoms with Crippen LogP contribution in [0.15, 0.2) is 47.3 Å². The quantitative estimate of drug-likeness (QED) is 0.483. The first-order valence-electron chi connectivity index (χ1n) is 10.9. The molecular formula is C22H23F6N3O7. The summed E-state index contributed by atoms with van der Waals surface area (Å²) in [6.45, 7) is 2.20. The zero-order chi connectivity index (χ0) is 28.5. The molecule has 0 aromatic carbocycles. The van der Waals surface area contributed by atoms with E-state index in [-0.39, 0.29) is 17.9 Å². The van der Waals surface area contributed by atoms with E-state index in [2.05, 4.69) is 15.2 Å². The Kier molecular flexibility index (Phi) is 10.6. The molecule has 0 saturated carbocycles. The van der Waals surface area contributed by atoms with Crippen molar-refractivity contribution in [2.75, 3.05) is 18.5 Å². The molecular weight excluding hydrogens is 532 g/mol. The molecule has 2 aromatic heterocycles. The van der Waals surface area contributed by atoms with E-state index in [1.807, 2.05) is 24.3 Å². The summed E-state index contributed by atoms with van der Waals surface area (Å²) in [5.74, 6) is -4.66. The highest BCUT2D eigenvalue weighted by Crippen LogP contribution is 2.33. The van der Waals surface area contributed by atoms with Crippen LogP contribution in [-0.2, 0) is 25.7 Å². The molecule has 0 unspecified atom stereocenters. The number of amides is 1. The molecule has 38 heavy (non-hydrogen) atoms. The molecule has 2 aliphatic rings. The van der Waals surface area contributed by atoms with Gasteiger partial charge in [0.2, 0.25) is 5.91 Å². The summed E-state index contributed by atoms with van der Waals surface area (Å²) in [5, 5.41) is 17.2. The molecule has 0 aliphatic carbocycles. The Morgan fingerprint density at radius 1 is 1.05 bits per heavy atom. The first-order valence-corrected chi connectivity index (χ1v) is 10.9. The summed E-state index contributed by atoms with van der Waals surface area (Å²) < 4.78 is 74.8. The zero-order valence-electron chi connectivity index (χ0n) is 19.4. The van der Waals surface area contributed by atoms with Crippen LogP contribution >= 0.6 is 0 Å². The summed E-state index contributed by atoms with van der Waals surface area (Å²) in [6.07, 6.45) is -3.21. The van der Waals surface area contributed by atoms with Gasteiger partial charge in [-0.25, -0.2) is 9.59 Å². The molecule has 210 valence electrons. The average Bonchev–Trinajstić information content (AvgIpc) is 3.51. The first-order chi connectivity index (χ1) is 17.7. The van der Waals surface area contributed by atoms with Crippen molar-refractivity contribution in [2.24, 2.45) is 5.92 Å². The van der Waals surface area contributed by atoms with E-state index in [9.17, 15) is 31.1 Å². The van der Waals surface area contributed by atoms with Crippen molar-refractivity contribution in [3.05, 3.63) is 48.7 Å². The minimum atomic E-state index is -5.08. The van der Waals surface area contributed by atoms with E-state index in [1.165, 1.54) is 0 Å². The Balaban J connectivity index is 0.000000301. The van der Waals surface area contributed by atoms with E-state index in [1.54, 1.807) is 18.7 Å². The summed E-state index contributed by atoms with van der Waals surface area (Å²) in [5.41, 5.74) is 0.731. The Hall–Kier alpha value is -3.66. The molecule has 3 N–H and O–H groups in total. The fraction of sp³-hybridized carbons (Fsp3) is 0.455. The number of hydrogen-bond donors (Lipinski definition) is 3. The number of likely N-dealkylation sites (tertiary alicyclic amines) is 1. The minimum absolute atomic E-state index is 0.0291. The molecule has 4 heterocycles. The van der Waals surface area contributed by atoms with Crippen molar-refractivity contribution < 1.29 is 60.1 Å². The minimum Gasteiger partial charge on any atom is -0.475 e. The lowest BCUT2D eigenvalue weighted by atomic mass is 9.89. The van der Waals surface area contributed by atoms with Crippen molar-refractivity contribution >= 4 is 23.5 Å². The van der Waals surface area contributed by atoms with Gasteiger partial charge in [0.15, 0.2) is 0 Å². The third-order valence-electron chi connectivity index (χ3n) is 5.34. The van der Waals surface area contributed by atoms with E-state index >= 15 is 0 Å². The van der Waals surface area contributed by atoms with Crippen LogP contribution in [0.5, 0.6) is 0 Å². The van der Waals surface area contributed by atoms with Gasteiger partial charge in [-0.1, -0.05) is 0 Å². The van der Waals surface area contributed by atoms with Gasteiger partial charge in [0.1, 0.15) is 5.76 Å². The molecule has 2 saturated heterocycles. The molecule has 2 aromatic rings. The molecule has 3 atom stereocenters. The lowest BCUT2D eigenvalue weighted by Crippen LogP contribution is -2.51. The molecule has 0 radical (unpaired) electrons. The van der Waals surface area contributed by atoms with Crippen LogP contribution in [0.3, 0.4) is 0 Å². The number of aromatic nitrogens is 1. The number of carboxylic acid groups (broad SMARTS) is 2. The van der Waals surface area contributed by atoms with Crippen LogP contribution in [0.1, 0.15) is 18.6 Å². The largest absolute Gasteiger partial charge is 0.490 e. The highest BCUT2D eigenvalue weighted by molar-refractivity contribution is 5.92. The van der Waals surface area contributed by atoms with Crippen LogP contribution in [0.4, 0.5) is 32.0 Å². The summed E-state index contributed by atoms with van der Waals surface area (Å²) in [6, 6.07) is 7.91. The van der Waals surface area contributed by atoms with E-state index in [0.717, 1.165) is 37.4 Å². The fourth-order valence-electron chi connectivity index (χ4n) is 3.71. The number of nitrogens with zero attached hydrogens (tertiary/aromatic N) is 2. The Labute approximate surface area is 211 Å². The second kappa shape index (κ2) is 13.2. The Morgan fingerprint density at radius 3 is 2.18 bits per heavy atom. The fourth-order valence-corrected chi connectivity index (χ4v) is 3.71. The van der Waals surface area contributed by atoms with E-state index < -0.39 is 24.3 Å². The van der Waals surface area contributed by atoms with Crippen LogP contribution in [0, 0.1) is 5.92 Å². The average molecular weight is 555 g/mol. The third kappa shape index (κ3) is 9.66. The normalized spacial score (nSPS) is 21.2. The maximum Gasteiger partial charge on any atom is 0.490 e. The number of aliphatic carboxylic acids is 2. The second-order valence-corrected chi connectivity index (χ2v) is 8.04. The monoisotopic (exact) mass is 555 g/mol. The number of piperidine rings is 1. The number of carbonyl (C=O) groups excluding carboxylic acids is 1. The van der Waals surface area contributed by atoms with Crippen LogP contribution < -0.4 is 5.32 Å². The summed E-state index contributed by atoms with van der Waals surface area (Å²) in [7, 11) is 0. The topological polar surface area (TPSA) is 142 Å². The van der Waals surface area contributed by atoms with E-state index in [0.29, 0.717) is 12.6 Å². The first kappa shape index (κ1) is 30.6. The number of hydrogen-bond acceptors (Lipinski definition) is 7. The zero-order valence-corrected chi connectivity index (χ0v) is 19.4. The van der Waals surface area contributed by atoms with Gasteiger partial charge in [-0.05, 0) is 37.1 Å². The summed E-state index contributed by atoms with van der Waals surface area (Å²) in [4.78, 5) is 36.8. The number of pyridine rings is 1. The number of alkyl halides is 6. The molecule has 2 fully saturated rings. The number of carboxylic acids is 2. The highest BCUT2D eigenvalue weighted by Gasteiger charge is 2.42. The number of ether oxygens (including phenoxy) is 1. The van der Waals surface area contributed by atoms with Crippen molar-refractivity contribution in [3.8, 4) is 0 Å². The molecule has 16 heteroatoms. The number of furan rings is 1. The van der Waals surface area contributed by atoms with Crippen molar-refractivity contribution in [1.82, 2.24) is 9.88 Å². The maximum atomic E-state index is 12.7. The lowest BCUT2D eigenvalue weighted by molar-refractivity contribution is -0.193. The number of fused-ring (bicyclic) bond motifs is 1. The van der Waals surface area contributed by atoms with Gasteiger partial charge in [-0.15, -0.1) is 0 Å². The number of nitrogens with one attached hydrogen (secondary N) is 1. The molecule has 1 amide bonds. The molecule has 0 spiro atoms. The Bertz CT molecular complexity index is 1020. The number of anilines is 1. The van der Waals surface area contributed by atoms with Crippen molar-refractivity contribution in [3.63, 3.8) is 0 Å². The van der Waals surface area contributed by atoms with Gasteiger partial charge in [0.25, 0.3) is 0 Å². The van der Waals surface area contributed by atoms with Crippen LogP contribution in [0.2, 0.25) is 0 Å². The van der Waals surface area contributed by atoms with Gasteiger partial charge in [0, 0.05) is 25.4 Å². The number of halogens is 6. The van der Waals surface area contributed by atoms with Crippen LogP contribution in [-0.4, -0.2) is 75.6 Å². The predicted molar refractivity (Wildman–Crippen MR) is 116 cm³/mol.